The van der Waals surface area contributed by atoms with E-state index < -0.39 is 17.6 Å². The molecule has 3 aliphatic rings. The van der Waals surface area contributed by atoms with Gasteiger partial charge in [-0.05, 0) is 57.9 Å². The van der Waals surface area contributed by atoms with Crippen molar-refractivity contribution in [3.8, 4) is 0 Å². The molecule has 4 atom stereocenters. The van der Waals surface area contributed by atoms with Crippen molar-refractivity contribution in [3.05, 3.63) is 0 Å². The summed E-state index contributed by atoms with van der Waals surface area (Å²) in [6.45, 7) is 2.79. The molecule has 3 rings (SSSR count). The van der Waals surface area contributed by atoms with Crippen LogP contribution >= 0.6 is 0 Å². The molecule has 2 saturated heterocycles. The number of carbonyl (C=O) groups is 2. The van der Waals surface area contributed by atoms with Crippen LogP contribution in [-0.2, 0) is 9.59 Å². The number of carboxylic acid groups (broad SMARTS) is 1. The second-order valence-electron chi connectivity index (χ2n) is 7.12. The number of piperidine rings is 1. The van der Waals surface area contributed by atoms with Crippen molar-refractivity contribution in [2.24, 2.45) is 5.92 Å². The van der Waals surface area contributed by atoms with Crippen molar-refractivity contribution >= 4 is 11.9 Å². The zero-order valence-corrected chi connectivity index (χ0v) is 12.8. The Bertz CT molecular complexity index is 431. The van der Waals surface area contributed by atoms with E-state index in [2.05, 4.69) is 5.32 Å². The van der Waals surface area contributed by atoms with Crippen molar-refractivity contribution in [1.29, 1.82) is 0 Å². The van der Waals surface area contributed by atoms with Gasteiger partial charge in [-0.1, -0.05) is 12.8 Å². The molecule has 4 unspecified atom stereocenters. The van der Waals surface area contributed by atoms with Crippen LogP contribution in [-0.4, -0.2) is 46.1 Å². The van der Waals surface area contributed by atoms with Crippen LogP contribution in [0.25, 0.3) is 0 Å². The Labute approximate surface area is 126 Å². The SMILES string of the molecule is CC1(C(=O)N2C(C(=O)O)CCC3CCCCC32)CCCN1. The predicted octanol–water partition coefficient (Wildman–Crippen LogP) is 1.76. The van der Waals surface area contributed by atoms with Crippen LogP contribution < -0.4 is 5.32 Å². The van der Waals surface area contributed by atoms with E-state index in [0.29, 0.717) is 12.3 Å². The first-order chi connectivity index (χ1) is 10.0. The first kappa shape index (κ1) is 14.8. The third-order valence-electron chi connectivity index (χ3n) is 5.73. The molecular formula is C16H26N2O3. The molecule has 5 heteroatoms. The Kier molecular flexibility index (Phi) is 3.95. The smallest absolute Gasteiger partial charge is 0.326 e. The third kappa shape index (κ3) is 2.56. The van der Waals surface area contributed by atoms with Crippen LogP contribution in [0.1, 0.15) is 58.3 Å². The molecule has 2 aliphatic heterocycles. The minimum atomic E-state index is -0.839. The molecule has 21 heavy (non-hydrogen) atoms. The van der Waals surface area contributed by atoms with E-state index in [1.807, 2.05) is 6.92 Å². The van der Waals surface area contributed by atoms with Crippen molar-refractivity contribution < 1.29 is 14.7 Å². The zero-order valence-electron chi connectivity index (χ0n) is 12.8. The number of hydrogen-bond donors (Lipinski definition) is 2. The van der Waals surface area contributed by atoms with Gasteiger partial charge in [0, 0.05) is 6.04 Å². The molecule has 0 spiro atoms. The number of amides is 1. The van der Waals surface area contributed by atoms with E-state index in [-0.39, 0.29) is 11.9 Å². The normalized spacial score (nSPS) is 39.9. The van der Waals surface area contributed by atoms with E-state index in [4.69, 9.17) is 0 Å². The number of likely N-dealkylation sites (tertiary alicyclic amines) is 1. The number of aliphatic carboxylic acids is 1. The molecule has 118 valence electrons. The molecule has 5 nitrogen and oxygen atoms in total. The van der Waals surface area contributed by atoms with Gasteiger partial charge in [0.1, 0.15) is 6.04 Å². The summed E-state index contributed by atoms with van der Waals surface area (Å²) in [5.74, 6) is -0.318. The summed E-state index contributed by atoms with van der Waals surface area (Å²) >= 11 is 0. The summed E-state index contributed by atoms with van der Waals surface area (Å²) < 4.78 is 0. The van der Waals surface area contributed by atoms with E-state index in [1.54, 1.807) is 4.90 Å². The summed E-state index contributed by atoms with van der Waals surface area (Å²) in [4.78, 5) is 26.5. The van der Waals surface area contributed by atoms with Crippen molar-refractivity contribution in [2.45, 2.75) is 75.9 Å². The van der Waals surface area contributed by atoms with E-state index in [1.165, 1.54) is 6.42 Å². The maximum atomic E-state index is 13.1. The molecule has 1 aliphatic carbocycles. The fourth-order valence-corrected chi connectivity index (χ4v) is 4.53. The molecule has 0 aromatic heterocycles. The van der Waals surface area contributed by atoms with Crippen LogP contribution in [0, 0.1) is 5.92 Å². The lowest BCUT2D eigenvalue weighted by Gasteiger charge is -2.49. The molecule has 0 aromatic rings. The van der Waals surface area contributed by atoms with Crippen LogP contribution in [0.5, 0.6) is 0 Å². The average molecular weight is 294 g/mol. The molecule has 0 radical (unpaired) electrons. The van der Waals surface area contributed by atoms with Gasteiger partial charge < -0.3 is 15.3 Å². The lowest BCUT2D eigenvalue weighted by atomic mass is 9.75. The predicted molar refractivity (Wildman–Crippen MR) is 78.9 cm³/mol. The molecule has 2 N–H and O–H groups in total. The van der Waals surface area contributed by atoms with Crippen LogP contribution in [0.3, 0.4) is 0 Å². The molecule has 0 bridgehead atoms. The van der Waals surface area contributed by atoms with E-state index in [0.717, 1.165) is 45.1 Å². The minimum absolute atomic E-state index is 0.0176. The number of carbonyl (C=O) groups excluding carboxylic acids is 1. The van der Waals surface area contributed by atoms with Gasteiger partial charge in [0.15, 0.2) is 0 Å². The molecule has 1 amide bonds. The summed E-state index contributed by atoms with van der Waals surface area (Å²) in [6.07, 6.45) is 7.81. The molecule has 0 aromatic carbocycles. The topological polar surface area (TPSA) is 69.6 Å². The Hall–Kier alpha value is -1.10. The highest BCUT2D eigenvalue weighted by atomic mass is 16.4. The van der Waals surface area contributed by atoms with Gasteiger partial charge in [0.2, 0.25) is 5.91 Å². The van der Waals surface area contributed by atoms with Gasteiger partial charge in [0.05, 0.1) is 5.54 Å². The summed E-state index contributed by atoms with van der Waals surface area (Å²) in [6, 6.07) is -0.489. The summed E-state index contributed by atoms with van der Waals surface area (Å²) in [5.41, 5.74) is -0.562. The van der Waals surface area contributed by atoms with Gasteiger partial charge in [-0.3, -0.25) is 4.79 Å². The number of fused-ring (bicyclic) bond motifs is 1. The highest BCUT2D eigenvalue weighted by molar-refractivity contribution is 5.90. The second kappa shape index (κ2) is 5.59. The summed E-state index contributed by atoms with van der Waals surface area (Å²) in [7, 11) is 0. The van der Waals surface area contributed by atoms with Crippen LogP contribution in [0.2, 0.25) is 0 Å². The van der Waals surface area contributed by atoms with Crippen molar-refractivity contribution in [3.63, 3.8) is 0 Å². The zero-order chi connectivity index (χ0) is 15.0. The number of hydrogen-bond acceptors (Lipinski definition) is 3. The first-order valence-electron chi connectivity index (χ1n) is 8.33. The highest BCUT2D eigenvalue weighted by Crippen LogP contribution is 2.39. The standard InChI is InChI=1S/C16H26N2O3/c1-16(9-4-10-17-16)15(21)18-12-6-3-2-5-11(12)7-8-13(18)14(19)20/h11-13,17H,2-10H2,1H3,(H,19,20). The number of nitrogens with one attached hydrogen (secondary N) is 1. The fraction of sp³-hybridized carbons (Fsp3) is 0.875. The van der Waals surface area contributed by atoms with Crippen LogP contribution in [0.15, 0.2) is 0 Å². The number of nitrogens with zero attached hydrogens (tertiary/aromatic N) is 1. The van der Waals surface area contributed by atoms with E-state index >= 15 is 0 Å². The monoisotopic (exact) mass is 294 g/mol. The maximum Gasteiger partial charge on any atom is 0.326 e. The second-order valence-corrected chi connectivity index (χ2v) is 7.12. The minimum Gasteiger partial charge on any atom is -0.480 e. The first-order valence-corrected chi connectivity index (χ1v) is 8.33. The van der Waals surface area contributed by atoms with Crippen molar-refractivity contribution in [2.75, 3.05) is 6.54 Å². The number of carboxylic acids is 1. The molecule has 1 saturated carbocycles. The highest BCUT2D eigenvalue weighted by Gasteiger charge is 2.49. The molecule has 3 fully saturated rings. The Morgan fingerprint density at radius 2 is 1.90 bits per heavy atom. The molecule has 2 heterocycles. The Morgan fingerprint density at radius 1 is 1.14 bits per heavy atom. The largest absolute Gasteiger partial charge is 0.480 e. The Balaban J connectivity index is 1.88. The van der Waals surface area contributed by atoms with Gasteiger partial charge in [-0.2, -0.15) is 0 Å². The average Bonchev–Trinajstić information content (AvgIpc) is 2.93. The van der Waals surface area contributed by atoms with Crippen molar-refractivity contribution in [1.82, 2.24) is 10.2 Å². The lowest BCUT2D eigenvalue weighted by molar-refractivity contribution is -0.161. The van der Waals surface area contributed by atoms with Gasteiger partial charge >= 0.3 is 5.97 Å². The number of rotatable bonds is 2. The maximum absolute atomic E-state index is 13.1. The van der Waals surface area contributed by atoms with Gasteiger partial charge in [-0.25, -0.2) is 4.79 Å². The van der Waals surface area contributed by atoms with Gasteiger partial charge in [-0.15, -0.1) is 0 Å². The quantitative estimate of drug-likeness (QED) is 0.814. The summed E-state index contributed by atoms with van der Waals surface area (Å²) in [5, 5.41) is 12.9. The fourth-order valence-electron chi connectivity index (χ4n) is 4.53. The van der Waals surface area contributed by atoms with E-state index in [9.17, 15) is 14.7 Å². The van der Waals surface area contributed by atoms with Gasteiger partial charge in [0.25, 0.3) is 0 Å². The Morgan fingerprint density at radius 3 is 2.57 bits per heavy atom. The third-order valence-corrected chi connectivity index (χ3v) is 5.73. The lowest BCUT2D eigenvalue weighted by Crippen LogP contribution is -2.64. The van der Waals surface area contributed by atoms with Crippen LogP contribution in [0.4, 0.5) is 0 Å². The molecular weight excluding hydrogens is 268 g/mol.